The molecule has 0 spiro atoms. The molecule has 0 radical (unpaired) electrons. The quantitative estimate of drug-likeness (QED) is 0.260. The summed E-state index contributed by atoms with van der Waals surface area (Å²) in [6.45, 7) is 0. The van der Waals surface area contributed by atoms with Crippen LogP contribution >= 0.6 is 11.8 Å². The normalized spacial score (nSPS) is 11.0. The van der Waals surface area contributed by atoms with E-state index < -0.39 is 0 Å². The third-order valence-electron chi connectivity index (χ3n) is 5.78. The zero-order chi connectivity index (χ0) is 23.5. The van der Waals surface area contributed by atoms with E-state index in [4.69, 9.17) is 9.97 Å². The van der Waals surface area contributed by atoms with Gasteiger partial charge < -0.3 is 9.97 Å². The molecule has 0 bridgehead atoms. The van der Waals surface area contributed by atoms with Crippen molar-refractivity contribution in [2.75, 3.05) is 0 Å². The maximum atomic E-state index is 4.98. The molecule has 4 nitrogen and oxygen atoms in total. The Labute approximate surface area is 208 Å². The van der Waals surface area contributed by atoms with Gasteiger partial charge >= 0.3 is 0 Å². The molecule has 0 aliphatic rings. The summed E-state index contributed by atoms with van der Waals surface area (Å²) in [7, 11) is 0. The van der Waals surface area contributed by atoms with Crippen LogP contribution in [0.2, 0.25) is 0 Å². The van der Waals surface area contributed by atoms with Crippen molar-refractivity contribution in [2.45, 2.75) is 10.3 Å². The summed E-state index contributed by atoms with van der Waals surface area (Å²) >= 11 is 1.50. The van der Waals surface area contributed by atoms with Crippen LogP contribution in [-0.2, 0) is 0 Å². The van der Waals surface area contributed by atoms with Crippen LogP contribution in [0.4, 0.5) is 0 Å². The third kappa shape index (κ3) is 4.42. The lowest BCUT2D eigenvalue weighted by molar-refractivity contribution is 1.01. The molecule has 0 aliphatic heterocycles. The molecule has 0 fully saturated rings. The van der Waals surface area contributed by atoms with Crippen LogP contribution in [0, 0.1) is 0 Å². The van der Waals surface area contributed by atoms with Crippen LogP contribution in [0.25, 0.3) is 45.0 Å². The number of aromatic nitrogens is 4. The maximum absolute atomic E-state index is 4.98. The van der Waals surface area contributed by atoms with E-state index in [0.29, 0.717) is 0 Å². The Morgan fingerprint density at radius 1 is 0.400 bits per heavy atom. The van der Waals surface area contributed by atoms with Gasteiger partial charge in [-0.1, -0.05) is 121 Å². The molecule has 2 heterocycles. The highest BCUT2D eigenvalue weighted by Crippen LogP contribution is 2.37. The molecular formula is C30H22N4S. The number of hydrogen-bond acceptors (Lipinski definition) is 3. The lowest BCUT2D eigenvalue weighted by Gasteiger charge is -2.02. The van der Waals surface area contributed by atoms with E-state index in [1.54, 1.807) is 0 Å². The average Bonchev–Trinajstić information content (AvgIpc) is 3.56. The number of hydrogen-bond donors (Lipinski definition) is 2. The van der Waals surface area contributed by atoms with E-state index >= 15 is 0 Å². The van der Waals surface area contributed by atoms with E-state index in [1.807, 2.05) is 72.8 Å². The highest BCUT2D eigenvalue weighted by Gasteiger charge is 2.18. The monoisotopic (exact) mass is 470 g/mol. The van der Waals surface area contributed by atoms with E-state index in [2.05, 4.69) is 58.5 Å². The van der Waals surface area contributed by atoms with Crippen LogP contribution in [0.5, 0.6) is 0 Å². The van der Waals surface area contributed by atoms with Gasteiger partial charge in [0.15, 0.2) is 10.3 Å². The summed E-state index contributed by atoms with van der Waals surface area (Å²) in [6, 6.07) is 41.2. The van der Waals surface area contributed by atoms with Crippen LogP contribution in [-0.4, -0.2) is 19.9 Å². The van der Waals surface area contributed by atoms with Crippen molar-refractivity contribution in [3.05, 3.63) is 121 Å². The van der Waals surface area contributed by atoms with Gasteiger partial charge in [-0.2, -0.15) is 0 Å². The van der Waals surface area contributed by atoms with Gasteiger partial charge in [-0.3, -0.25) is 0 Å². The van der Waals surface area contributed by atoms with E-state index in [0.717, 1.165) is 55.3 Å². The molecule has 6 aromatic rings. The Morgan fingerprint density at radius 2 is 0.714 bits per heavy atom. The fraction of sp³-hybridized carbons (Fsp3) is 0. The molecule has 0 atom stereocenters. The molecular weight excluding hydrogens is 448 g/mol. The van der Waals surface area contributed by atoms with Gasteiger partial charge in [0.05, 0.1) is 22.8 Å². The van der Waals surface area contributed by atoms with Crippen molar-refractivity contribution >= 4 is 11.8 Å². The molecule has 6 rings (SSSR count). The van der Waals surface area contributed by atoms with Crippen molar-refractivity contribution in [2.24, 2.45) is 0 Å². The number of aromatic amines is 2. The number of nitrogens with zero attached hydrogens (tertiary/aromatic N) is 2. The first-order chi connectivity index (χ1) is 17.3. The fourth-order valence-corrected chi connectivity index (χ4v) is 4.89. The summed E-state index contributed by atoms with van der Waals surface area (Å²) in [4.78, 5) is 17.1. The minimum absolute atomic E-state index is 0.788. The van der Waals surface area contributed by atoms with Crippen LogP contribution < -0.4 is 0 Å². The SMILES string of the molecule is c1ccc(-c2nc(Sc3nc(-c4ccccc4)c(-c4ccccc4)[nH]3)[nH]c2-c2ccccc2)cc1. The number of imidazole rings is 2. The van der Waals surface area contributed by atoms with Crippen molar-refractivity contribution in [3.8, 4) is 45.0 Å². The predicted octanol–water partition coefficient (Wildman–Crippen LogP) is 7.95. The van der Waals surface area contributed by atoms with Gasteiger partial charge in [0.2, 0.25) is 0 Å². The Hall–Kier alpha value is -4.35. The van der Waals surface area contributed by atoms with Crippen molar-refractivity contribution in [1.29, 1.82) is 0 Å². The summed E-state index contributed by atoms with van der Waals surface area (Å²) < 4.78 is 0. The molecule has 168 valence electrons. The molecule has 0 saturated carbocycles. The van der Waals surface area contributed by atoms with Crippen molar-refractivity contribution < 1.29 is 0 Å². The maximum Gasteiger partial charge on any atom is 0.174 e. The number of H-pyrrole nitrogens is 2. The van der Waals surface area contributed by atoms with Crippen LogP contribution in [0.15, 0.2) is 132 Å². The Morgan fingerprint density at radius 3 is 1.06 bits per heavy atom. The van der Waals surface area contributed by atoms with Gasteiger partial charge in [0.25, 0.3) is 0 Å². The zero-order valence-corrected chi connectivity index (χ0v) is 19.7. The summed E-state index contributed by atoms with van der Waals surface area (Å²) in [5, 5.41) is 1.58. The Balaban J connectivity index is 1.43. The second-order valence-corrected chi connectivity index (χ2v) is 9.07. The second-order valence-electron chi connectivity index (χ2n) is 8.10. The summed E-state index contributed by atoms with van der Waals surface area (Å²) in [6.07, 6.45) is 0. The van der Waals surface area contributed by atoms with Crippen molar-refractivity contribution in [3.63, 3.8) is 0 Å². The standard InChI is InChI=1S/C30H22N4S/c1-5-13-21(14-6-1)25-26(22-15-7-2-8-16-22)32-29(31-25)35-30-33-27(23-17-9-3-10-18-23)28(34-30)24-19-11-4-12-20-24/h1-20H,(H,31,32)(H,33,34). The zero-order valence-electron chi connectivity index (χ0n) is 18.8. The highest BCUT2D eigenvalue weighted by molar-refractivity contribution is 7.99. The fourth-order valence-electron chi connectivity index (χ4n) is 4.13. The topological polar surface area (TPSA) is 57.4 Å². The van der Waals surface area contributed by atoms with Gasteiger partial charge in [0, 0.05) is 22.3 Å². The summed E-state index contributed by atoms with van der Waals surface area (Å²) in [5.41, 5.74) is 8.19. The average molecular weight is 471 g/mol. The molecule has 2 aromatic heterocycles. The minimum Gasteiger partial charge on any atom is -0.332 e. The first-order valence-corrected chi connectivity index (χ1v) is 12.3. The molecule has 0 unspecified atom stereocenters. The van der Waals surface area contributed by atoms with Crippen molar-refractivity contribution in [1.82, 2.24) is 19.9 Å². The van der Waals surface area contributed by atoms with Crippen LogP contribution in [0.1, 0.15) is 0 Å². The first kappa shape index (κ1) is 21.2. The number of nitrogens with one attached hydrogen (secondary N) is 2. The van der Waals surface area contributed by atoms with E-state index in [9.17, 15) is 0 Å². The molecule has 2 N–H and O–H groups in total. The molecule has 0 amide bonds. The highest BCUT2D eigenvalue weighted by atomic mass is 32.2. The number of rotatable bonds is 6. The lowest BCUT2D eigenvalue weighted by atomic mass is 10.1. The molecule has 0 saturated heterocycles. The number of benzene rings is 4. The second kappa shape index (κ2) is 9.49. The van der Waals surface area contributed by atoms with E-state index in [-0.39, 0.29) is 0 Å². The Kier molecular flexibility index (Phi) is 5.75. The van der Waals surface area contributed by atoms with Gasteiger partial charge in [0.1, 0.15) is 0 Å². The summed E-state index contributed by atoms with van der Waals surface area (Å²) in [5.74, 6) is 0. The minimum atomic E-state index is 0.788. The largest absolute Gasteiger partial charge is 0.332 e. The van der Waals surface area contributed by atoms with Crippen LogP contribution in [0.3, 0.4) is 0 Å². The lowest BCUT2D eigenvalue weighted by Crippen LogP contribution is -1.82. The van der Waals surface area contributed by atoms with Gasteiger partial charge in [-0.25, -0.2) is 9.97 Å². The molecule has 5 heteroatoms. The molecule has 0 aliphatic carbocycles. The third-order valence-corrected chi connectivity index (χ3v) is 6.55. The molecule has 4 aromatic carbocycles. The van der Waals surface area contributed by atoms with E-state index in [1.165, 1.54) is 11.8 Å². The smallest absolute Gasteiger partial charge is 0.174 e. The molecule has 35 heavy (non-hydrogen) atoms. The Bertz CT molecular complexity index is 1310. The van der Waals surface area contributed by atoms with Gasteiger partial charge in [-0.05, 0) is 11.8 Å². The van der Waals surface area contributed by atoms with Gasteiger partial charge in [-0.15, -0.1) is 0 Å². The predicted molar refractivity (Wildman–Crippen MR) is 143 cm³/mol. The first-order valence-electron chi connectivity index (χ1n) is 11.4.